The third-order valence-electron chi connectivity index (χ3n) is 9.27. The second kappa shape index (κ2) is 10.8. The van der Waals surface area contributed by atoms with Gasteiger partial charge in [0.2, 0.25) is 5.43 Å². The average Bonchev–Trinajstić information content (AvgIpc) is 3.60. The highest BCUT2D eigenvalue weighted by Crippen LogP contribution is 2.38. The fourth-order valence-corrected chi connectivity index (χ4v) is 6.99. The Balaban J connectivity index is 1.32. The lowest BCUT2D eigenvalue weighted by Crippen LogP contribution is -2.38. The zero-order valence-corrected chi connectivity index (χ0v) is 24.6. The van der Waals surface area contributed by atoms with E-state index in [4.69, 9.17) is 14.9 Å². The highest BCUT2D eigenvalue weighted by Gasteiger charge is 2.29. The molecule has 230 valence electrons. The number of hydrogen-bond acceptors (Lipinski definition) is 8. The molecule has 0 unspecified atom stereocenters. The Kier molecular flexibility index (Phi) is 6.70. The van der Waals surface area contributed by atoms with E-state index in [2.05, 4.69) is 10.2 Å². The Labute approximate surface area is 256 Å². The molecule has 4 heterocycles. The van der Waals surface area contributed by atoms with Crippen molar-refractivity contribution in [3.8, 4) is 0 Å². The van der Waals surface area contributed by atoms with Crippen molar-refractivity contribution in [1.82, 2.24) is 14.6 Å². The molecule has 0 saturated carbocycles. The molecule has 11 heteroatoms. The standard InChI is InChI=1S/C34H32FN5O5/c35-26-14-24-29-33(30(26)39-9-6-19(36)17-39)45-28-16-23-22(20-4-1-2-5-21(20)31(23)41)15-27(28)40(29)18-25(32(24)42)34(43)37-7-3-8-38-10-12-44-13-11-38/h1-2,4-5,14-16,18-19H,3,6-13,17,36H2,(H,37,43)/t19-/m0/s1. The topological polar surface area (TPSA) is 123 Å². The van der Waals surface area contributed by atoms with Crippen LogP contribution in [0.2, 0.25) is 0 Å². The van der Waals surface area contributed by atoms with Crippen LogP contribution in [0.25, 0.3) is 49.1 Å². The summed E-state index contributed by atoms with van der Waals surface area (Å²) in [5.74, 6) is -1.16. The number of aromatic nitrogens is 1. The lowest BCUT2D eigenvalue weighted by atomic mass is 10.1. The predicted octanol–water partition coefficient (Wildman–Crippen LogP) is 3.43. The molecule has 8 rings (SSSR count). The summed E-state index contributed by atoms with van der Waals surface area (Å²) in [6.45, 7) is 5.24. The van der Waals surface area contributed by atoms with Crippen LogP contribution in [0.15, 0.2) is 62.7 Å². The lowest BCUT2D eigenvalue weighted by molar-refractivity contribution is 0.0374. The number of nitrogens with zero attached hydrogens (tertiary/aromatic N) is 3. The summed E-state index contributed by atoms with van der Waals surface area (Å²) in [5.41, 5.74) is 7.01. The minimum Gasteiger partial charge on any atom is -0.451 e. The van der Waals surface area contributed by atoms with E-state index >= 15 is 4.39 Å². The fraction of sp³-hybridized carbons (Fsp3) is 0.324. The van der Waals surface area contributed by atoms with Crippen molar-refractivity contribution in [1.29, 1.82) is 0 Å². The van der Waals surface area contributed by atoms with Gasteiger partial charge in [-0.1, -0.05) is 24.3 Å². The number of nitrogens with two attached hydrogens (primary N) is 1. The first kappa shape index (κ1) is 27.9. The van der Waals surface area contributed by atoms with E-state index in [1.54, 1.807) is 16.5 Å². The van der Waals surface area contributed by atoms with Crippen LogP contribution in [0.1, 0.15) is 23.2 Å². The van der Waals surface area contributed by atoms with Crippen molar-refractivity contribution in [3.05, 3.63) is 80.5 Å². The third-order valence-corrected chi connectivity index (χ3v) is 9.27. The van der Waals surface area contributed by atoms with Gasteiger partial charge in [0, 0.05) is 55.7 Å². The van der Waals surface area contributed by atoms with Gasteiger partial charge in [0.1, 0.15) is 16.8 Å². The molecule has 0 aliphatic carbocycles. The Morgan fingerprint density at radius 3 is 2.56 bits per heavy atom. The molecular weight excluding hydrogens is 577 g/mol. The van der Waals surface area contributed by atoms with Crippen molar-refractivity contribution in [2.75, 3.05) is 57.4 Å². The largest absolute Gasteiger partial charge is 0.451 e. The number of amides is 1. The van der Waals surface area contributed by atoms with Gasteiger partial charge in [-0.15, -0.1) is 0 Å². The number of carbonyl (C=O) groups excluding carboxylic acids is 1. The van der Waals surface area contributed by atoms with Crippen LogP contribution in [0.5, 0.6) is 0 Å². The third kappa shape index (κ3) is 4.53. The maximum Gasteiger partial charge on any atom is 0.256 e. The number of carbonyl (C=O) groups is 1. The first-order valence-electron chi connectivity index (χ1n) is 15.4. The number of rotatable bonds is 6. The SMILES string of the molecule is N[C@H]1CCN(c2c(F)cc3c(=O)c(C(=O)NCCCN4CCOCC4)cn4c5cc6c(cc5oc2c34)c(=O)c2ccccc26)C1. The molecule has 3 N–H and O–H groups in total. The molecule has 2 saturated heterocycles. The summed E-state index contributed by atoms with van der Waals surface area (Å²) >= 11 is 0. The predicted molar refractivity (Wildman–Crippen MR) is 172 cm³/mol. The van der Waals surface area contributed by atoms with Crippen LogP contribution in [0.3, 0.4) is 0 Å². The van der Waals surface area contributed by atoms with Gasteiger partial charge in [-0.25, -0.2) is 4.39 Å². The van der Waals surface area contributed by atoms with Gasteiger partial charge in [0.05, 0.1) is 24.1 Å². The van der Waals surface area contributed by atoms with E-state index in [0.29, 0.717) is 73.1 Å². The molecule has 4 aromatic carbocycles. The molecular formula is C34H32FN5O5. The number of fused-ring (bicyclic) bond motifs is 5. The molecule has 2 aromatic heterocycles. The molecule has 2 fully saturated rings. The molecule has 0 spiro atoms. The Hall–Kier alpha value is -4.58. The first-order valence-corrected chi connectivity index (χ1v) is 15.4. The zero-order valence-electron chi connectivity index (χ0n) is 24.6. The molecule has 2 aliphatic heterocycles. The van der Waals surface area contributed by atoms with Crippen LogP contribution in [0, 0.1) is 5.82 Å². The van der Waals surface area contributed by atoms with Gasteiger partial charge in [-0.3, -0.25) is 19.3 Å². The number of nitrogens with one attached hydrogen (secondary N) is 1. The van der Waals surface area contributed by atoms with E-state index < -0.39 is 17.2 Å². The van der Waals surface area contributed by atoms with Gasteiger partial charge in [-0.05, 0) is 48.4 Å². The van der Waals surface area contributed by atoms with E-state index in [1.807, 2.05) is 29.2 Å². The van der Waals surface area contributed by atoms with Crippen LogP contribution >= 0.6 is 0 Å². The normalized spacial score (nSPS) is 17.9. The summed E-state index contributed by atoms with van der Waals surface area (Å²) < 4.78 is 29.6. The monoisotopic (exact) mass is 609 g/mol. The van der Waals surface area contributed by atoms with Gasteiger partial charge in [0.25, 0.3) is 5.91 Å². The maximum absolute atomic E-state index is 16.0. The van der Waals surface area contributed by atoms with Gasteiger partial charge < -0.3 is 29.5 Å². The van der Waals surface area contributed by atoms with E-state index in [-0.39, 0.29) is 33.7 Å². The highest BCUT2D eigenvalue weighted by molar-refractivity contribution is 6.15. The van der Waals surface area contributed by atoms with Crippen LogP contribution in [0.4, 0.5) is 10.1 Å². The van der Waals surface area contributed by atoms with Crippen molar-refractivity contribution >= 4 is 60.7 Å². The highest BCUT2D eigenvalue weighted by atomic mass is 19.1. The molecule has 0 bridgehead atoms. The summed E-state index contributed by atoms with van der Waals surface area (Å²) in [7, 11) is 0. The summed E-state index contributed by atoms with van der Waals surface area (Å²) in [4.78, 5) is 44.8. The number of hydrogen-bond donors (Lipinski definition) is 2. The molecule has 10 nitrogen and oxygen atoms in total. The molecule has 6 aromatic rings. The smallest absolute Gasteiger partial charge is 0.256 e. The van der Waals surface area contributed by atoms with Crippen molar-refractivity contribution in [3.63, 3.8) is 0 Å². The zero-order chi connectivity index (χ0) is 30.8. The summed E-state index contributed by atoms with van der Waals surface area (Å²) in [5, 5.41) is 5.53. The maximum atomic E-state index is 16.0. The summed E-state index contributed by atoms with van der Waals surface area (Å²) in [6.07, 6.45) is 2.91. The number of morpholine rings is 1. The molecule has 1 atom stereocenters. The second-order valence-corrected chi connectivity index (χ2v) is 12.1. The quantitative estimate of drug-likeness (QED) is 0.167. The minimum atomic E-state index is -0.633. The van der Waals surface area contributed by atoms with Gasteiger partial charge >= 0.3 is 0 Å². The number of pyridine rings is 1. The number of halogens is 1. The fourth-order valence-electron chi connectivity index (χ4n) is 6.99. The number of ether oxygens (including phenoxy) is 1. The van der Waals surface area contributed by atoms with Crippen molar-refractivity contribution in [2.45, 2.75) is 18.9 Å². The Morgan fingerprint density at radius 1 is 0.978 bits per heavy atom. The van der Waals surface area contributed by atoms with Crippen molar-refractivity contribution in [2.24, 2.45) is 5.73 Å². The Morgan fingerprint density at radius 2 is 1.78 bits per heavy atom. The number of anilines is 1. The number of benzene rings is 3. The van der Waals surface area contributed by atoms with Gasteiger partial charge in [0.15, 0.2) is 22.4 Å². The molecule has 2 aliphatic rings. The lowest BCUT2D eigenvalue weighted by Gasteiger charge is -2.26. The minimum absolute atomic E-state index is 0.0401. The van der Waals surface area contributed by atoms with Gasteiger partial charge in [-0.2, -0.15) is 0 Å². The second-order valence-electron chi connectivity index (χ2n) is 12.1. The van der Waals surface area contributed by atoms with Crippen molar-refractivity contribution < 1.29 is 18.3 Å². The first-order chi connectivity index (χ1) is 21.9. The molecule has 0 radical (unpaired) electrons. The van der Waals surface area contributed by atoms with Crippen LogP contribution in [-0.2, 0) is 4.74 Å². The average molecular weight is 610 g/mol. The van der Waals surface area contributed by atoms with E-state index in [0.717, 1.165) is 30.4 Å². The molecule has 45 heavy (non-hydrogen) atoms. The van der Waals surface area contributed by atoms with E-state index in [1.165, 1.54) is 12.3 Å². The molecule has 1 amide bonds. The van der Waals surface area contributed by atoms with Crippen LogP contribution in [-0.4, -0.2) is 73.7 Å². The van der Waals surface area contributed by atoms with Crippen LogP contribution < -0.4 is 26.8 Å². The van der Waals surface area contributed by atoms with E-state index in [9.17, 15) is 14.4 Å². The summed E-state index contributed by atoms with van der Waals surface area (Å²) in [6, 6.07) is 12.0. The Bertz CT molecular complexity index is 2260.